The van der Waals surface area contributed by atoms with Gasteiger partial charge in [-0.15, -0.1) is 0 Å². The van der Waals surface area contributed by atoms with E-state index in [1.807, 2.05) is 32.0 Å². The molecule has 1 aliphatic heterocycles. The van der Waals surface area contributed by atoms with Gasteiger partial charge in [0.25, 0.3) is 11.7 Å². The fourth-order valence-electron chi connectivity index (χ4n) is 4.95. The predicted molar refractivity (Wildman–Crippen MR) is 143 cm³/mol. The van der Waals surface area contributed by atoms with Crippen LogP contribution in [0, 0.1) is 13.8 Å². The molecule has 3 aromatic rings. The molecular formula is C30H31NO7. The van der Waals surface area contributed by atoms with Crippen molar-refractivity contribution in [1.82, 2.24) is 4.90 Å². The van der Waals surface area contributed by atoms with Gasteiger partial charge in [-0.05, 0) is 72.9 Å². The average Bonchev–Trinajstić information content (AvgIpc) is 3.16. The Morgan fingerprint density at radius 3 is 2.21 bits per heavy atom. The number of aryl methyl sites for hydroxylation is 2. The molecule has 3 aromatic carbocycles. The van der Waals surface area contributed by atoms with Crippen LogP contribution in [0.4, 0.5) is 0 Å². The van der Waals surface area contributed by atoms with E-state index in [1.165, 1.54) is 24.1 Å². The second kappa shape index (κ2) is 10.9. The lowest BCUT2D eigenvalue weighted by Gasteiger charge is -2.26. The zero-order valence-corrected chi connectivity index (χ0v) is 22.1. The summed E-state index contributed by atoms with van der Waals surface area (Å²) in [5.74, 6) is -0.186. The zero-order chi connectivity index (χ0) is 27.6. The number of nitrogens with zero attached hydrogens (tertiary/aromatic N) is 1. The Morgan fingerprint density at radius 2 is 1.58 bits per heavy atom. The van der Waals surface area contributed by atoms with Crippen LogP contribution in [0.2, 0.25) is 0 Å². The first-order valence-electron chi connectivity index (χ1n) is 12.1. The lowest BCUT2D eigenvalue weighted by molar-refractivity contribution is -0.139. The van der Waals surface area contributed by atoms with Crippen LogP contribution in [-0.4, -0.2) is 54.7 Å². The minimum Gasteiger partial charge on any atom is -0.508 e. The van der Waals surface area contributed by atoms with Gasteiger partial charge < -0.3 is 29.3 Å². The van der Waals surface area contributed by atoms with Crippen molar-refractivity contribution in [1.29, 1.82) is 0 Å². The highest BCUT2D eigenvalue weighted by Gasteiger charge is 2.46. The topological polar surface area (TPSA) is 106 Å². The van der Waals surface area contributed by atoms with E-state index in [4.69, 9.17) is 14.2 Å². The third-order valence-corrected chi connectivity index (χ3v) is 6.72. The number of ketones is 1. The maximum absolute atomic E-state index is 13.4. The molecule has 4 rings (SSSR count). The molecule has 8 heteroatoms. The summed E-state index contributed by atoms with van der Waals surface area (Å²) in [6, 6.07) is 14.5. The maximum atomic E-state index is 13.4. The number of carbonyl (C=O) groups excluding carboxylic acids is 2. The van der Waals surface area contributed by atoms with Crippen LogP contribution in [0.25, 0.3) is 5.76 Å². The minimum absolute atomic E-state index is 0.0312. The van der Waals surface area contributed by atoms with E-state index in [1.54, 1.807) is 38.5 Å². The number of rotatable bonds is 8. The Balaban J connectivity index is 1.81. The highest BCUT2D eigenvalue weighted by Crippen LogP contribution is 2.42. The Labute approximate surface area is 221 Å². The molecule has 0 aromatic heterocycles. The summed E-state index contributed by atoms with van der Waals surface area (Å²) in [5, 5.41) is 21.4. The Hall–Kier alpha value is -4.46. The monoisotopic (exact) mass is 517 g/mol. The first-order chi connectivity index (χ1) is 18.2. The third kappa shape index (κ3) is 4.89. The van der Waals surface area contributed by atoms with Crippen LogP contribution in [0.3, 0.4) is 0 Å². The second-order valence-corrected chi connectivity index (χ2v) is 9.19. The fourth-order valence-corrected chi connectivity index (χ4v) is 4.95. The molecule has 0 bridgehead atoms. The van der Waals surface area contributed by atoms with Crippen LogP contribution in [0.5, 0.6) is 23.0 Å². The van der Waals surface area contributed by atoms with Gasteiger partial charge in [0.1, 0.15) is 17.3 Å². The van der Waals surface area contributed by atoms with E-state index >= 15 is 0 Å². The first-order valence-corrected chi connectivity index (χ1v) is 12.1. The van der Waals surface area contributed by atoms with Gasteiger partial charge >= 0.3 is 0 Å². The number of phenols is 1. The molecule has 1 heterocycles. The summed E-state index contributed by atoms with van der Waals surface area (Å²) >= 11 is 0. The van der Waals surface area contributed by atoms with Crippen molar-refractivity contribution >= 4 is 17.4 Å². The number of amides is 1. The molecule has 1 saturated heterocycles. The number of hydrogen-bond donors (Lipinski definition) is 2. The van der Waals surface area contributed by atoms with Gasteiger partial charge in [-0.25, -0.2) is 0 Å². The van der Waals surface area contributed by atoms with Gasteiger partial charge in [0.15, 0.2) is 11.5 Å². The van der Waals surface area contributed by atoms with E-state index < -0.39 is 17.7 Å². The summed E-state index contributed by atoms with van der Waals surface area (Å²) in [5.41, 5.74) is 3.43. The minimum atomic E-state index is -0.860. The molecule has 0 saturated carbocycles. The number of aliphatic hydroxyl groups excluding tert-OH is 1. The number of phenolic OH excluding ortho intramolecular Hbond substituents is 1. The van der Waals surface area contributed by atoms with Gasteiger partial charge in [-0.3, -0.25) is 9.59 Å². The third-order valence-electron chi connectivity index (χ3n) is 6.72. The van der Waals surface area contributed by atoms with Crippen LogP contribution in [-0.2, 0) is 16.0 Å². The molecule has 1 unspecified atom stereocenters. The van der Waals surface area contributed by atoms with Crippen molar-refractivity contribution in [2.24, 2.45) is 0 Å². The number of benzene rings is 3. The molecule has 1 fully saturated rings. The highest BCUT2D eigenvalue weighted by atomic mass is 16.5. The zero-order valence-electron chi connectivity index (χ0n) is 22.1. The van der Waals surface area contributed by atoms with Crippen molar-refractivity contribution in [3.05, 3.63) is 88.0 Å². The van der Waals surface area contributed by atoms with E-state index in [0.29, 0.717) is 34.8 Å². The summed E-state index contributed by atoms with van der Waals surface area (Å²) in [6.07, 6.45) is 0.425. The molecule has 198 valence electrons. The van der Waals surface area contributed by atoms with E-state index in [0.717, 1.165) is 16.7 Å². The largest absolute Gasteiger partial charge is 0.508 e. The molecule has 0 radical (unpaired) electrons. The van der Waals surface area contributed by atoms with Gasteiger partial charge in [0.2, 0.25) is 0 Å². The Kier molecular flexibility index (Phi) is 7.62. The molecular weight excluding hydrogens is 486 g/mol. The number of ether oxygens (including phenoxy) is 3. The molecule has 0 spiro atoms. The molecule has 8 nitrogen and oxygen atoms in total. The summed E-state index contributed by atoms with van der Waals surface area (Å²) in [7, 11) is 4.60. The summed E-state index contributed by atoms with van der Waals surface area (Å²) in [6.45, 7) is 3.93. The maximum Gasteiger partial charge on any atom is 0.295 e. The SMILES string of the molecule is COc1ccc(CCN2C(=O)C(=O)/C(=C(/O)c3cc(C)cc(C)c3OC)C2c2ccc(O)cc2)cc1OC. The standard InChI is InChI=1S/C30H31NO7/c1-17-14-18(2)29(38-5)22(15-17)27(33)25-26(20-7-9-21(32)10-8-20)31(30(35)28(25)34)13-12-19-6-11-23(36-3)24(16-19)37-4/h6-11,14-16,26,32-33H,12-13H2,1-5H3/b27-25+. The van der Waals surface area contributed by atoms with Crippen molar-refractivity contribution in [2.75, 3.05) is 27.9 Å². The number of carbonyl (C=O) groups is 2. The Bertz CT molecular complexity index is 1410. The number of hydrogen-bond acceptors (Lipinski definition) is 7. The molecule has 0 aliphatic carbocycles. The van der Waals surface area contributed by atoms with Gasteiger partial charge in [0, 0.05) is 6.54 Å². The summed E-state index contributed by atoms with van der Waals surface area (Å²) in [4.78, 5) is 28.2. The number of methoxy groups -OCH3 is 3. The normalized spacial score (nSPS) is 16.6. The van der Waals surface area contributed by atoms with Crippen molar-refractivity contribution in [2.45, 2.75) is 26.3 Å². The van der Waals surface area contributed by atoms with Crippen LogP contribution < -0.4 is 14.2 Å². The first kappa shape index (κ1) is 26.6. The van der Waals surface area contributed by atoms with E-state index in [-0.39, 0.29) is 23.6 Å². The van der Waals surface area contributed by atoms with E-state index in [9.17, 15) is 19.8 Å². The lowest BCUT2D eigenvalue weighted by atomic mass is 9.93. The molecule has 2 N–H and O–H groups in total. The van der Waals surface area contributed by atoms with Crippen molar-refractivity contribution in [3.63, 3.8) is 0 Å². The molecule has 1 aliphatic rings. The average molecular weight is 518 g/mol. The van der Waals surface area contributed by atoms with Gasteiger partial charge in [0.05, 0.1) is 38.5 Å². The number of aromatic hydroxyl groups is 1. The Morgan fingerprint density at radius 1 is 0.895 bits per heavy atom. The van der Waals surface area contributed by atoms with Crippen LogP contribution >= 0.6 is 0 Å². The van der Waals surface area contributed by atoms with Gasteiger partial charge in [-0.2, -0.15) is 0 Å². The van der Waals surface area contributed by atoms with Crippen LogP contribution in [0.1, 0.15) is 33.9 Å². The summed E-state index contributed by atoms with van der Waals surface area (Å²) < 4.78 is 16.2. The molecule has 1 atom stereocenters. The van der Waals surface area contributed by atoms with Crippen LogP contribution in [0.15, 0.2) is 60.2 Å². The number of likely N-dealkylation sites (tertiary alicyclic amines) is 1. The van der Waals surface area contributed by atoms with Gasteiger partial charge in [-0.1, -0.05) is 24.3 Å². The van der Waals surface area contributed by atoms with Crippen molar-refractivity contribution in [3.8, 4) is 23.0 Å². The van der Waals surface area contributed by atoms with E-state index in [2.05, 4.69) is 0 Å². The molecule has 1 amide bonds. The number of Topliss-reactive ketones (excluding diaryl/α,β-unsaturated/α-hetero) is 1. The fraction of sp³-hybridized carbons (Fsp3) is 0.267. The molecule has 38 heavy (non-hydrogen) atoms. The second-order valence-electron chi connectivity index (χ2n) is 9.19. The highest BCUT2D eigenvalue weighted by molar-refractivity contribution is 6.46. The van der Waals surface area contributed by atoms with Crippen molar-refractivity contribution < 1.29 is 34.0 Å². The lowest BCUT2D eigenvalue weighted by Crippen LogP contribution is -2.31. The quantitative estimate of drug-likeness (QED) is 0.254. The number of aliphatic hydroxyl groups is 1. The smallest absolute Gasteiger partial charge is 0.295 e. The predicted octanol–water partition coefficient (Wildman–Crippen LogP) is 4.70.